The van der Waals surface area contributed by atoms with Crippen LogP contribution in [-0.2, 0) is 17.7 Å². The first-order valence-corrected chi connectivity index (χ1v) is 6.55. The van der Waals surface area contributed by atoms with Crippen molar-refractivity contribution >= 4 is 11.0 Å². The maximum absolute atomic E-state index is 5.86. The molecule has 0 radical (unpaired) electrons. The second-order valence-electron chi connectivity index (χ2n) is 4.38. The highest BCUT2D eigenvalue weighted by Crippen LogP contribution is 2.25. The molecule has 2 rings (SSSR count). The number of ether oxygens (including phenoxy) is 1. The summed E-state index contributed by atoms with van der Waals surface area (Å²) in [5, 5.41) is 4.68. The van der Waals surface area contributed by atoms with Gasteiger partial charge in [-0.15, -0.1) is 0 Å². The number of methoxy groups -OCH3 is 1. The fraction of sp³-hybridized carbons (Fsp3) is 0.467. The molecular weight excluding hydrogens is 226 g/mol. The van der Waals surface area contributed by atoms with Crippen LogP contribution in [0.4, 0.5) is 0 Å². The van der Waals surface area contributed by atoms with Crippen molar-refractivity contribution in [1.29, 1.82) is 0 Å². The van der Waals surface area contributed by atoms with Crippen molar-refractivity contribution in [3.63, 3.8) is 0 Å². The van der Waals surface area contributed by atoms with E-state index >= 15 is 0 Å². The number of para-hydroxylation sites is 1. The van der Waals surface area contributed by atoms with Gasteiger partial charge in [-0.2, -0.15) is 0 Å². The summed E-state index contributed by atoms with van der Waals surface area (Å²) in [5.41, 5.74) is 2.29. The van der Waals surface area contributed by atoms with E-state index in [1.807, 2.05) is 12.1 Å². The molecule has 0 bridgehead atoms. The molecule has 1 N–H and O–H groups in total. The maximum Gasteiger partial charge on any atom is 0.134 e. The zero-order chi connectivity index (χ0) is 12.8. The summed E-state index contributed by atoms with van der Waals surface area (Å²) in [4.78, 5) is 0. The number of benzene rings is 1. The van der Waals surface area contributed by atoms with Crippen LogP contribution in [0.5, 0.6) is 0 Å². The molecule has 0 saturated heterocycles. The summed E-state index contributed by atoms with van der Waals surface area (Å²) >= 11 is 0. The first-order chi connectivity index (χ1) is 8.86. The molecule has 1 heterocycles. The van der Waals surface area contributed by atoms with Gasteiger partial charge in [-0.1, -0.05) is 25.1 Å². The molecule has 0 amide bonds. The van der Waals surface area contributed by atoms with Gasteiger partial charge < -0.3 is 14.5 Å². The van der Waals surface area contributed by atoms with Crippen molar-refractivity contribution in [1.82, 2.24) is 5.32 Å². The van der Waals surface area contributed by atoms with Crippen molar-refractivity contribution in [2.45, 2.75) is 26.3 Å². The molecule has 98 valence electrons. The second kappa shape index (κ2) is 6.57. The number of hydrogen-bond donors (Lipinski definition) is 1. The number of rotatable bonds is 7. The average Bonchev–Trinajstić information content (AvgIpc) is 2.77. The zero-order valence-electron chi connectivity index (χ0n) is 11.2. The minimum atomic E-state index is 0.805. The van der Waals surface area contributed by atoms with E-state index in [1.54, 1.807) is 7.11 Å². The summed E-state index contributed by atoms with van der Waals surface area (Å²) in [6, 6.07) is 8.24. The Morgan fingerprint density at radius 2 is 2.11 bits per heavy atom. The molecule has 0 atom stereocenters. The summed E-state index contributed by atoms with van der Waals surface area (Å²) in [7, 11) is 1.73. The van der Waals surface area contributed by atoms with Crippen LogP contribution in [-0.4, -0.2) is 20.3 Å². The van der Waals surface area contributed by atoms with Gasteiger partial charge in [0.25, 0.3) is 0 Å². The Morgan fingerprint density at radius 1 is 1.28 bits per heavy atom. The molecule has 0 fully saturated rings. The van der Waals surface area contributed by atoms with Gasteiger partial charge in [0.05, 0.1) is 0 Å². The lowest BCUT2D eigenvalue weighted by molar-refractivity contribution is 0.194. The van der Waals surface area contributed by atoms with Crippen LogP contribution >= 0.6 is 0 Å². The summed E-state index contributed by atoms with van der Waals surface area (Å²) in [6.07, 6.45) is 1.97. The molecule has 3 heteroatoms. The van der Waals surface area contributed by atoms with Crippen LogP contribution in [0.25, 0.3) is 11.0 Å². The fourth-order valence-corrected chi connectivity index (χ4v) is 2.18. The highest BCUT2D eigenvalue weighted by Gasteiger charge is 2.11. The summed E-state index contributed by atoms with van der Waals surface area (Å²) in [5.74, 6) is 1.09. The van der Waals surface area contributed by atoms with E-state index in [0.29, 0.717) is 0 Å². The third-order valence-corrected chi connectivity index (χ3v) is 3.11. The minimum absolute atomic E-state index is 0.805. The van der Waals surface area contributed by atoms with E-state index in [-0.39, 0.29) is 0 Å². The molecule has 0 aliphatic heterocycles. The lowest BCUT2D eigenvalue weighted by Gasteiger charge is -2.04. The predicted octanol–water partition coefficient (Wildman–Crippen LogP) is 3.12. The standard InChI is InChI=1S/C15H21NO2/c1-3-14-13(11-16-9-6-10-17-2)12-7-4-5-8-15(12)18-14/h4-5,7-8,16H,3,6,9-11H2,1-2H3. The molecule has 1 aromatic heterocycles. The zero-order valence-corrected chi connectivity index (χ0v) is 11.2. The van der Waals surface area contributed by atoms with Crippen LogP contribution in [0, 0.1) is 0 Å². The molecule has 0 aliphatic rings. The number of aryl methyl sites for hydroxylation is 1. The number of fused-ring (bicyclic) bond motifs is 1. The topological polar surface area (TPSA) is 34.4 Å². The van der Waals surface area contributed by atoms with E-state index in [2.05, 4.69) is 24.4 Å². The van der Waals surface area contributed by atoms with Gasteiger partial charge in [-0.25, -0.2) is 0 Å². The Kier molecular flexibility index (Phi) is 4.79. The second-order valence-corrected chi connectivity index (χ2v) is 4.38. The maximum atomic E-state index is 5.86. The number of furan rings is 1. The molecule has 0 unspecified atom stereocenters. The van der Waals surface area contributed by atoms with E-state index in [9.17, 15) is 0 Å². The third-order valence-electron chi connectivity index (χ3n) is 3.11. The first-order valence-electron chi connectivity index (χ1n) is 6.55. The third kappa shape index (κ3) is 2.92. The molecule has 0 spiro atoms. The molecule has 1 aromatic carbocycles. The lowest BCUT2D eigenvalue weighted by atomic mass is 10.1. The Morgan fingerprint density at radius 3 is 2.89 bits per heavy atom. The summed E-state index contributed by atoms with van der Waals surface area (Å²) < 4.78 is 10.9. The van der Waals surface area contributed by atoms with Gasteiger partial charge >= 0.3 is 0 Å². The SMILES string of the molecule is CCc1oc2ccccc2c1CNCCCOC. The fourth-order valence-electron chi connectivity index (χ4n) is 2.18. The van der Waals surface area contributed by atoms with Crippen LogP contribution in [0.2, 0.25) is 0 Å². The smallest absolute Gasteiger partial charge is 0.134 e. The van der Waals surface area contributed by atoms with Crippen molar-refractivity contribution in [2.24, 2.45) is 0 Å². The molecule has 3 nitrogen and oxygen atoms in total. The minimum Gasteiger partial charge on any atom is -0.461 e. The van der Waals surface area contributed by atoms with Crippen LogP contribution < -0.4 is 5.32 Å². The van der Waals surface area contributed by atoms with Crippen LogP contribution in [0.1, 0.15) is 24.7 Å². The first kappa shape index (κ1) is 13.1. The molecule has 0 aliphatic carbocycles. The molecule has 0 saturated carbocycles. The van der Waals surface area contributed by atoms with Crippen LogP contribution in [0.15, 0.2) is 28.7 Å². The van der Waals surface area contributed by atoms with Crippen molar-refractivity contribution in [3.8, 4) is 0 Å². The van der Waals surface area contributed by atoms with Gasteiger partial charge in [0, 0.05) is 37.6 Å². The lowest BCUT2D eigenvalue weighted by Crippen LogP contribution is -2.16. The molecule has 2 aromatic rings. The number of nitrogens with one attached hydrogen (secondary N) is 1. The Hall–Kier alpha value is -1.32. The Balaban J connectivity index is 2.06. The Labute approximate surface area is 108 Å². The van der Waals surface area contributed by atoms with Crippen molar-refractivity contribution in [2.75, 3.05) is 20.3 Å². The van der Waals surface area contributed by atoms with Gasteiger partial charge in [0.15, 0.2) is 0 Å². The van der Waals surface area contributed by atoms with E-state index < -0.39 is 0 Å². The van der Waals surface area contributed by atoms with E-state index in [0.717, 1.165) is 43.9 Å². The molecule has 18 heavy (non-hydrogen) atoms. The Bertz CT molecular complexity index is 490. The molecular formula is C15H21NO2. The number of hydrogen-bond acceptors (Lipinski definition) is 3. The summed E-state index contributed by atoms with van der Waals surface area (Å²) in [6.45, 7) is 4.77. The monoisotopic (exact) mass is 247 g/mol. The van der Waals surface area contributed by atoms with Gasteiger partial charge in [-0.05, 0) is 19.0 Å². The predicted molar refractivity (Wildman–Crippen MR) is 73.8 cm³/mol. The van der Waals surface area contributed by atoms with Crippen molar-refractivity contribution in [3.05, 3.63) is 35.6 Å². The average molecular weight is 247 g/mol. The normalized spacial score (nSPS) is 11.2. The van der Waals surface area contributed by atoms with E-state index in [4.69, 9.17) is 9.15 Å². The highest BCUT2D eigenvalue weighted by molar-refractivity contribution is 5.82. The van der Waals surface area contributed by atoms with Crippen LogP contribution in [0.3, 0.4) is 0 Å². The largest absolute Gasteiger partial charge is 0.461 e. The van der Waals surface area contributed by atoms with Gasteiger partial charge in [0.2, 0.25) is 0 Å². The van der Waals surface area contributed by atoms with E-state index in [1.165, 1.54) is 10.9 Å². The quantitative estimate of drug-likeness (QED) is 0.763. The van der Waals surface area contributed by atoms with Gasteiger partial charge in [0.1, 0.15) is 11.3 Å². The highest BCUT2D eigenvalue weighted by atomic mass is 16.5. The van der Waals surface area contributed by atoms with Gasteiger partial charge in [-0.3, -0.25) is 0 Å². The van der Waals surface area contributed by atoms with Crippen molar-refractivity contribution < 1.29 is 9.15 Å².